The van der Waals surface area contributed by atoms with Gasteiger partial charge in [-0.3, -0.25) is 4.79 Å². The van der Waals surface area contributed by atoms with E-state index in [4.69, 9.17) is 21.4 Å². The summed E-state index contributed by atoms with van der Waals surface area (Å²) in [5.74, 6) is 0.212. The molecule has 1 aromatic rings. The first-order valence-electron chi connectivity index (χ1n) is 6.69. The molecule has 0 atom stereocenters. The molecule has 1 N–H and O–H groups in total. The molecule has 0 radical (unpaired) electrons. The maximum Gasteiger partial charge on any atom is 0.307 e. The average Bonchev–Trinajstić information content (AvgIpc) is 2.38. The van der Waals surface area contributed by atoms with Crippen LogP contribution in [0.3, 0.4) is 0 Å². The summed E-state index contributed by atoms with van der Waals surface area (Å²) < 4.78 is 5.54. The van der Waals surface area contributed by atoms with Crippen molar-refractivity contribution in [3.05, 3.63) is 34.4 Å². The number of aliphatic carboxylic acids is 1. The number of rotatable bonds is 6. The number of halogens is 1. The molecule has 0 saturated carbocycles. The number of allylic oxidation sites excluding steroid dienone is 1. The van der Waals surface area contributed by atoms with Gasteiger partial charge < -0.3 is 9.84 Å². The van der Waals surface area contributed by atoms with Crippen LogP contribution in [0, 0.1) is 0 Å². The number of ether oxygens (including phenoxy) is 1. The lowest BCUT2D eigenvalue weighted by Crippen LogP contribution is -2.00. The zero-order valence-corrected chi connectivity index (χ0v) is 13.1. The topological polar surface area (TPSA) is 46.5 Å². The summed E-state index contributed by atoms with van der Waals surface area (Å²) in [5.41, 5.74) is 2.85. The van der Waals surface area contributed by atoms with Crippen molar-refractivity contribution in [2.75, 3.05) is 7.11 Å². The highest BCUT2D eigenvalue weighted by molar-refractivity contribution is 6.31. The molecule has 0 aliphatic carbocycles. The summed E-state index contributed by atoms with van der Waals surface area (Å²) in [6.45, 7) is 6.14. The molecule has 0 bridgehead atoms. The molecule has 3 nitrogen and oxygen atoms in total. The lowest BCUT2D eigenvalue weighted by atomic mass is 9.94. The summed E-state index contributed by atoms with van der Waals surface area (Å²) in [7, 11) is 1.63. The van der Waals surface area contributed by atoms with E-state index >= 15 is 0 Å². The number of hydrogen-bond acceptors (Lipinski definition) is 2. The maximum atomic E-state index is 10.7. The molecular formula is C16H21ClO3. The maximum absolute atomic E-state index is 10.7. The predicted molar refractivity (Wildman–Crippen MR) is 82.6 cm³/mol. The molecule has 0 fully saturated rings. The number of carbonyl (C=O) groups is 1. The molecule has 0 aliphatic rings. The van der Waals surface area contributed by atoms with Crippen LogP contribution in [0.4, 0.5) is 0 Å². The van der Waals surface area contributed by atoms with E-state index < -0.39 is 5.97 Å². The number of methoxy groups -OCH3 is 1. The largest absolute Gasteiger partial charge is 0.496 e. The minimum atomic E-state index is -0.846. The van der Waals surface area contributed by atoms with Crippen LogP contribution in [0.15, 0.2) is 18.2 Å². The molecule has 0 aliphatic heterocycles. The van der Waals surface area contributed by atoms with Crippen LogP contribution in [0.25, 0.3) is 5.57 Å². The Bertz CT molecular complexity index is 519. The second-order valence-electron chi connectivity index (χ2n) is 4.91. The van der Waals surface area contributed by atoms with Gasteiger partial charge in [0.15, 0.2) is 0 Å². The number of benzene rings is 1. The van der Waals surface area contributed by atoms with Gasteiger partial charge in [-0.1, -0.05) is 38.4 Å². The van der Waals surface area contributed by atoms with Crippen LogP contribution in [-0.2, 0) is 4.79 Å². The monoisotopic (exact) mass is 296 g/mol. The van der Waals surface area contributed by atoms with Crippen LogP contribution in [-0.4, -0.2) is 18.2 Å². The van der Waals surface area contributed by atoms with E-state index in [1.54, 1.807) is 13.2 Å². The van der Waals surface area contributed by atoms with Gasteiger partial charge >= 0.3 is 5.97 Å². The summed E-state index contributed by atoms with van der Waals surface area (Å²) in [6, 6.07) is 3.74. The summed E-state index contributed by atoms with van der Waals surface area (Å²) in [5, 5.41) is 9.46. The molecular weight excluding hydrogens is 276 g/mol. The molecule has 0 spiro atoms. The van der Waals surface area contributed by atoms with Gasteiger partial charge in [0.05, 0.1) is 13.5 Å². The highest BCUT2D eigenvalue weighted by atomic mass is 35.5. The van der Waals surface area contributed by atoms with Gasteiger partial charge in [0.25, 0.3) is 0 Å². The minimum absolute atomic E-state index is 0.00411. The molecule has 0 aromatic heterocycles. The number of carboxylic acids is 1. The van der Waals surface area contributed by atoms with Crippen molar-refractivity contribution in [3.8, 4) is 5.75 Å². The van der Waals surface area contributed by atoms with Crippen LogP contribution < -0.4 is 4.74 Å². The number of hydrogen-bond donors (Lipinski definition) is 1. The van der Waals surface area contributed by atoms with Gasteiger partial charge in [0, 0.05) is 10.6 Å². The fourth-order valence-corrected chi connectivity index (χ4v) is 2.39. The first-order chi connectivity index (χ1) is 9.40. The Hall–Kier alpha value is -1.48. The fraction of sp³-hybridized carbons (Fsp3) is 0.438. The molecule has 0 unspecified atom stereocenters. The van der Waals surface area contributed by atoms with E-state index in [1.165, 1.54) is 0 Å². The molecule has 1 aromatic carbocycles. The lowest BCUT2D eigenvalue weighted by molar-refractivity contribution is -0.135. The zero-order valence-electron chi connectivity index (χ0n) is 12.4. The van der Waals surface area contributed by atoms with Crippen molar-refractivity contribution in [1.29, 1.82) is 0 Å². The molecule has 0 saturated heterocycles. The van der Waals surface area contributed by atoms with Gasteiger partial charge in [-0.2, -0.15) is 0 Å². The molecule has 0 heterocycles. The Balaban J connectivity index is 3.41. The molecule has 1 rings (SSSR count). The molecule has 110 valence electrons. The smallest absolute Gasteiger partial charge is 0.307 e. The van der Waals surface area contributed by atoms with Crippen molar-refractivity contribution in [2.45, 2.75) is 39.5 Å². The van der Waals surface area contributed by atoms with Gasteiger partial charge in [-0.25, -0.2) is 0 Å². The van der Waals surface area contributed by atoms with Crippen molar-refractivity contribution >= 4 is 23.1 Å². The third kappa shape index (κ3) is 4.01. The Morgan fingerprint density at radius 3 is 2.55 bits per heavy atom. The minimum Gasteiger partial charge on any atom is -0.496 e. The fourth-order valence-electron chi connectivity index (χ4n) is 2.17. The predicted octanol–water partition coefficient (Wildman–Crippen LogP) is 4.74. The van der Waals surface area contributed by atoms with Gasteiger partial charge in [0.1, 0.15) is 5.75 Å². The Kier molecular flexibility index (Phi) is 6.08. The van der Waals surface area contributed by atoms with E-state index in [0.717, 1.165) is 28.9 Å². The van der Waals surface area contributed by atoms with Gasteiger partial charge in [-0.15, -0.1) is 0 Å². The Morgan fingerprint density at radius 1 is 1.45 bits per heavy atom. The van der Waals surface area contributed by atoms with Crippen LogP contribution >= 0.6 is 11.6 Å². The molecule has 20 heavy (non-hydrogen) atoms. The third-order valence-electron chi connectivity index (χ3n) is 3.16. The first kappa shape index (κ1) is 16.6. The quantitative estimate of drug-likeness (QED) is 0.824. The zero-order chi connectivity index (χ0) is 15.3. The van der Waals surface area contributed by atoms with Gasteiger partial charge in [-0.05, 0) is 35.6 Å². The van der Waals surface area contributed by atoms with Gasteiger partial charge in [0.2, 0.25) is 0 Å². The molecule has 4 heteroatoms. The van der Waals surface area contributed by atoms with E-state index in [0.29, 0.717) is 5.02 Å². The molecule has 0 amide bonds. The van der Waals surface area contributed by atoms with Crippen molar-refractivity contribution in [3.63, 3.8) is 0 Å². The van der Waals surface area contributed by atoms with E-state index in [9.17, 15) is 4.79 Å². The first-order valence-corrected chi connectivity index (χ1v) is 7.07. The van der Waals surface area contributed by atoms with Crippen LogP contribution in [0.5, 0.6) is 5.75 Å². The lowest BCUT2D eigenvalue weighted by Gasteiger charge is -2.18. The second kappa shape index (κ2) is 7.34. The second-order valence-corrected chi connectivity index (χ2v) is 5.35. The van der Waals surface area contributed by atoms with Crippen LogP contribution in [0.1, 0.15) is 50.7 Å². The van der Waals surface area contributed by atoms with E-state index in [2.05, 4.69) is 13.8 Å². The standard InChI is InChI=1S/C16H21ClO3/c1-5-11(6-7-15(18)19)14-9-12(17)8-13(10(2)3)16(14)20-4/h6,8-10H,5,7H2,1-4H3,(H,18,19)/b11-6+. The van der Waals surface area contributed by atoms with Crippen LogP contribution in [0.2, 0.25) is 5.02 Å². The average molecular weight is 297 g/mol. The highest BCUT2D eigenvalue weighted by Gasteiger charge is 2.16. The van der Waals surface area contributed by atoms with Crippen molar-refractivity contribution in [1.82, 2.24) is 0 Å². The number of carboxylic acid groups (broad SMARTS) is 1. The highest BCUT2D eigenvalue weighted by Crippen LogP contribution is 2.38. The summed E-state index contributed by atoms with van der Waals surface area (Å²) in [4.78, 5) is 10.7. The Morgan fingerprint density at radius 2 is 2.10 bits per heavy atom. The van der Waals surface area contributed by atoms with E-state index in [-0.39, 0.29) is 12.3 Å². The van der Waals surface area contributed by atoms with Crippen molar-refractivity contribution < 1.29 is 14.6 Å². The third-order valence-corrected chi connectivity index (χ3v) is 3.38. The van der Waals surface area contributed by atoms with Crippen molar-refractivity contribution in [2.24, 2.45) is 0 Å². The van der Waals surface area contributed by atoms with E-state index in [1.807, 2.05) is 19.1 Å². The summed E-state index contributed by atoms with van der Waals surface area (Å²) >= 11 is 6.19. The normalized spacial score (nSPS) is 11.8. The summed E-state index contributed by atoms with van der Waals surface area (Å²) in [6.07, 6.45) is 2.44. The Labute approximate surface area is 125 Å². The SMILES string of the molecule is CC/C(=C\CC(=O)O)c1cc(Cl)cc(C(C)C)c1OC.